The van der Waals surface area contributed by atoms with Gasteiger partial charge in [0, 0.05) is 13.7 Å². The molecule has 0 unspecified atom stereocenters. The lowest BCUT2D eigenvalue weighted by atomic mass is 10.1. The molecule has 112 valence electrons. The van der Waals surface area contributed by atoms with Crippen LogP contribution in [0.15, 0.2) is 6.20 Å². The summed E-state index contributed by atoms with van der Waals surface area (Å²) in [5.41, 5.74) is -0.790. The van der Waals surface area contributed by atoms with Crippen LogP contribution in [0.1, 0.15) is 19.5 Å². The molecule has 0 radical (unpaired) electrons. The first-order valence-corrected chi connectivity index (χ1v) is 6.02. The molecule has 9 heteroatoms. The van der Waals surface area contributed by atoms with Crippen molar-refractivity contribution >= 4 is 11.9 Å². The molecule has 0 aliphatic carbocycles. The summed E-state index contributed by atoms with van der Waals surface area (Å²) >= 11 is 0. The number of ether oxygens (including phenoxy) is 1. The van der Waals surface area contributed by atoms with Crippen LogP contribution < -0.4 is 10.6 Å². The standard InChI is InChI=1S/C11H19N5O4/c1-11(2,19)8-6-16(15-14-8)7-9(17)13-10(18)12-4-5-20-3/h6,19H,4-5,7H2,1-3H3,(H2,12,13,17,18). The summed E-state index contributed by atoms with van der Waals surface area (Å²) < 4.78 is 6.00. The number of imide groups is 1. The molecule has 1 rings (SSSR count). The van der Waals surface area contributed by atoms with Gasteiger partial charge < -0.3 is 15.2 Å². The Morgan fingerprint density at radius 2 is 2.20 bits per heavy atom. The number of rotatable bonds is 6. The van der Waals surface area contributed by atoms with Crippen molar-refractivity contribution in [2.75, 3.05) is 20.3 Å². The highest BCUT2D eigenvalue weighted by atomic mass is 16.5. The SMILES string of the molecule is COCCNC(=O)NC(=O)Cn1cc(C(C)(C)O)nn1. The molecule has 0 bridgehead atoms. The molecule has 1 aromatic heterocycles. The molecule has 9 nitrogen and oxygen atoms in total. The van der Waals surface area contributed by atoms with Gasteiger partial charge in [0.25, 0.3) is 0 Å². The summed E-state index contributed by atoms with van der Waals surface area (Å²) in [6, 6.07) is -0.602. The molecule has 0 fully saturated rings. The lowest BCUT2D eigenvalue weighted by Crippen LogP contribution is -2.42. The van der Waals surface area contributed by atoms with Gasteiger partial charge in [-0.15, -0.1) is 5.10 Å². The number of urea groups is 1. The molecule has 0 aliphatic heterocycles. The van der Waals surface area contributed by atoms with Crippen molar-refractivity contribution in [1.29, 1.82) is 0 Å². The first kappa shape index (κ1) is 16.1. The molecular weight excluding hydrogens is 266 g/mol. The fraction of sp³-hybridized carbons (Fsp3) is 0.636. The van der Waals surface area contributed by atoms with E-state index in [9.17, 15) is 14.7 Å². The Morgan fingerprint density at radius 3 is 2.75 bits per heavy atom. The average molecular weight is 285 g/mol. The van der Waals surface area contributed by atoms with E-state index in [-0.39, 0.29) is 6.54 Å². The third-order valence-corrected chi connectivity index (χ3v) is 2.32. The maximum Gasteiger partial charge on any atom is 0.321 e. The summed E-state index contributed by atoms with van der Waals surface area (Å²) in [4.78, 5) is 22.9. The summed E-state index contributed by atoms with van der Waals surface area (Å²) in [5, 5.41) is 21.7. The molecule has 3 N–H and O–H groups in total. The van der Waals surface area contributed by atoms with Crippen molar-refractivity contribution < 1.29 is 19.4 Å². The predicted molar refractivity (Wildman–Crippen MR) is 68.7 cm³/mol. The fourth-order valence-corrected chi connectivity index (χ4v) is 1.28. The molecule has 0 saturated heterocycles. The number of nitrogens with one attached hydrogen (secondary N) is 2. The molecule has 1 heterocycles. The third-order valence-electron chi connectivity index (χ3n) is 2.32. The van der Waals surface area contributed by atoms with Crippen LogP contribution in [0.25, 0.3) is 0 Å². The summed E-state index contributed by atoms with van der Waals surface area (Å²) in [7, 11) is 1.51. The van der Waals surface area contributed by atoms with Gasteiger partial charge in [0.1, 0.15) is 17.8 Å². The Balaban J connectivity index is 2.42. The zero-order valence-electron chi connectivity index (χ0n) is 11.7. The Bertz CT molecular complexity index is 466. The van der Waals surface area contributed by atoms with Crippen LogP contribution >= 0.6 is 0 Å². The normalized spacial score (nSPS) is 11.2. The van der Waals surface area contributed by atoms with Gasteiger partial charge >= 0.3 is 6.03 Å². The maximum atomic E-state index is 11.6. The highest BCUT2D eigenvalue weighted by Gasteiger charge is 2.20. The van der Waals surface area contributed by atoms with Crippen molar-refractivity contribution in [1.82, 2.24) is 25.6 Å². The largest absolute Gasteiger partial charge is 0.384 e. The van der Waals surface area contributed by atoms with Crippen molar-refractivity contribution in [3.05, 3.63) is 11.9 Å². The monoisotopic (exact) mass is 285 g/mol. The molecule has 0 aromatic carbocycles. The molecule has 0 spiro atoms. The molecule has 1 aromatic rings. The Kier molecular flexibility index (Phi) is 5.59. The van der Waals surface area contributed by atoms with Crippen LogP contribution in [0.5, 0.6) is 0 Å². The number of nitrogens with zero attached hydrogens (tertiary/aromatic N) is 3. The first-order valence-electron chi connectivity index (χ1n) is 6.02. The number of aliphatic hydroxyl groups is 1. The highest BCUT2D eigenvalue weighted by Crippen LogP contribution is 2.15. The van der Waals surface area contributed by atoms with Gasteiger partial charge in [-0.05, 0) is 13.8 Å². The number of methoxy groups -OCH3 is 1. The van der Waals surface area contributed by atoms with E-state index in [1.165, 1.54) is 18.0 Å². The minimum absolute atomic E-state index is 0.166. The summed E-state index contributed by atoms with van der Waals surface area (Å²) in [6.07, 6.45) is 1.45. The molecule has 20 heavy (non-hydrogen) atoms. The second kappa shape index (κ2) is 6.96. The van der Waals surface area contributed by atoms with Gasteiger partial charge in [-0.25, -0.2) is 9.48 Å². The van der Waals surface area contributed by atoms with E-state index < -0.39 is 17.5 Å². The number of aromatic nitrogens is 3. The Labute approximate surface area is 116 Å². The lowest BCUT2D eigenvalue weighted by Gasteiger charge is -2.11. The highest BCUT2D eigenvalue weighted by molar-refractivity contribution is 5.94. The summed E-state index contributed by atoms with van der Waals surface area (Å²) in [5.74, 6) is -0.535. The molecule has 0 saturated carbocycles. The topological polar surface area (TPSA) is 118 Å². The minimum atomic E-state index is -1.13. The lowest BCUT2D eigenvalue weighted by molar-refractivity contribution is -0.120. The number of hydrogen-bond donors (Lipinski definition) is 3. The average Bonchev–Trinajstić information content (AvgIpc) is 2.77. The number of carbonyl (C=O) groups is 2. The molecule has 0 aliphatic rings. The zero-order valence-corrected chi connectivity index (χ0v) is 11.7. The number of amides is 3. The van der Waals surface area contributed by atoms with Gasteiger partial charge in [0.05, 0.1) is 12.8 Å². The first-order chi connectivity index (χ1) is 9.32. The van der Waals surface area contributed by atoms with E-state index >= 15 is 0 Å². The van der Waals surface area contributed by atoms with Crippen LogP contribution in [0.4, 0.5) is 4.79 Å². The van der Waals surface area contributed by atoms with Crippen LogP contribution in [0.2, 0.25) is 0 Å². The molecular formula is C11H19N5O4. The quantitative estimate of drug-likeness (QED) is 0.576. The number of carbonyl (C=O) groups excluding carboxylic acids is 2. The van der Waals surface area contributed by atoms with Gasteiger partial charge in [0.2, 0.25) is 5.91 Å². The van der Waals surface area contributed by atoms with Gasteiger partial charge in [-0.3, -0.25) is 10.1 Å². The van der Waals surface area contributed by atoms with Gasteiger partial charge in [-0.1, -0.05) is 5.21 Å². The fourth-order valence-electron chi connectivity index (χ4n) is 1.28. The maximum absolute atomic E-state index is 11.6. The zero-order chi connectivity index (χ0) is 15.2. The van der Waals surface area contributed by atoms with Crippen molar-refractivity contribution in [3.8, 4) is 0 Å². The van der Waals surface area contributed by atoms with E-state index in [1.54, 1.807) is 13.8 Å². The van der Waals surface area contributed by atoms with Crippen LogP contribution in [-0.2, 0) is 21.7 Å². The van der Waals surface area contributed by atoms with E-state index in [2.05, 4.69) is 20.9 Å². The summed E-state index contributed by atoms with van der Waals surface area (Å²) in [6.45, 7) is 3.62. The predicted octanol–water partition coefficient (Wildman–Crippen LogP) is -1.02. The molecule has 3 amide bonds. The van der Waals surface area contributed by atoms with Crippen molar-refractivity contribution in [3.63, 3.8) is 0 Å². The second-order valence-electron chi connectivity index (χ2n) is 4.66. The van der Waals surface area contributed by atoms with Gasteiger partial charge in [0.15, 0.2) is 0 Å². The van der Waals surface area contributed by atoms with E-state index in [1.807, 2.05) is 0 Å². The van der Waals surface area contributed by atoms with Gasteiger partial charge in [-0.2, -0.15) is 0 Å². The van der Waals surface area contributed by atoms with E-state index in [4.69, 9.17) is 4.74 Å². The van der Waals surface area contributed by atoms with Crippen molar-refractivity contribution in [2.24, 2.45) is 0 Å². The number of hydrogen-bond acceptors (Lipinski definition) is 6. The van der Waals surface area contributed by atoms with Crippen LogP contribution in [-0.4, -0.2) is 52.3 Å². The van der Waals surface area contributed by atoms with Crippen LogP contribution in [0.3, 0.4) is 0 Å². The second-order valence-corrected chi connectivity index (χ2v) is 4.66. The third kappa shape index (κ3) is 5.33. The minimum Gasteiger partial charge on any atom is -0.384 e. The smallest absolute Gasteiger partial charge is 0.321 e. The Hall–Kier alpha value is -2.00. The van der Waals surface area contributed by atoms with Crippen LogP contribution in [0, 0.1) is 0 Å². The van der Waals surface area contributed by atoms with Crippen molar-refractivity contribution in [2.45, 2.75) is 26.0 Å². The van der Waals surface area contributed by atoms with E-state index in [0.29, 0.717) is 18.8 Å². The van der Waals surface area contributed by atoms with E-state index in [0.717, 1.165) is 0 Å². The Morgan fingerprint density at radius 1 is 1.50 bits per heavy atom. The molecule has 0 atom stereocenters.